The minimum atomic E-state index is -1.66. The molecule has 50 heavy (non-hydrogen) atoms. The van der Waals surface area contributed by atoms with E-state index >= 15 is 0 Å². The lowest BCUT2D eigenvalue weighted by molar-refractivity contribution is -0.288. The van der Waals surface area contributed by atoms with Crippen LogP contribution in [0.25, 0.3) is 11.0 Å². The molecule has 0 bridgehead atoms. The van der Waals surface area contributed by atoms with E-state index in [1.807, 2.05) is 26.8 Å². The zero-order valence-corrected chi connectivity index (χ0v) is 29.3. The summed E-state index contributed by atoms with van der Waals surface area (Å²) >= 11 is 0. The Labute approximate surface area is 289 Å². The predicted octanol–water partition coefficient (Wildman–Crippen LogP) is 4.69. The Kier molecular flexibility index (Phi) is 14.5. The number of hydrogen-bond donors (Lipinski definition) is 0. The van der Waals surface area contributed by atoms with E-state index in [1.165, 1.54) is 18.6 Å². The number of fused-ring (bicyclic) bond motifs is 1. The number of esters is 4. The van der Waals surface area contributed by atoms with Gasteiger partial charge in [-0.15, -0.1) is 0 Å². The first-order valence-corrected chi connectivity index (χ1v) is 15.8. The van der Waals surface area contributed by atoms with Crippen molar-refractivity contribution < 1.29 is 61.5 Å². The molecule has 14 heteroatoms. The molecular weight excluding hydrogens is 656 g/mol. The van der Waals surface area contributed by atoms with Gasteiger partial charge in [-0.1, -0.05) is 23.1 Å². The Hall–Kier alpha value is -5.29. The van der Waals surface area contributed by atoms with E-state index in [0.717, 1.165) is 46.1 Å². The second-order valence-electron chi connectivity index (χ2n) is 11.5. The standard InChI is InChI=1S/C36H42O14/c1-9-16-43-33-30(27-14-13-26(18-28(27)48-35(33)41)42-17-15-21(4)12-10-11-20(2)3)50-36-34(47-25(8)40)32(46-24(7)39)31(45-23(6)38)29(49-36)19-44-22(5)37/h11,13-15,18,29,31-32,34,36H,10,12,17,19H2,1-8H3/t29-,31-,32+,34+,36-/m1/s1. The van der Waals surface area contributed by atoms with Crippen molar-refractivity contribution in [1.82, 2.24) is 0 Å². The molecule has 1 fully saturated rings. The van der Waals surface area contributed by atoms with Gasteiger partial charge in [0, 0.05) is 40.7 Å². The molecule has 0 spiro atoms. The quantitative estimate of drug-likeness (QED) is 0.0875. The van der Waals surface area contributed by atoms with Crippen LogP contribution in [0.4, 0.5) is 0 Å². The van der Waals surface area contributed by atoms with Crippen LogP contribution in [0.15, 0.2) is 50.7 Å². The summed E-state index contributed by atoms with van der Waals surface area (Å²) in [6.07, 6.45) is 0.794. The fraction of sp³-hybridized carbons (Fsp3) is 0.472. The second kappa shape index (κ2) is 18.5. The normalized spacial score (nSPS) is 20.0. The molecule has 1 aliphatic heterocycles. The molecule has 0 radical (unpaired) electrons. The molecule has 1 saturated heterocycles. The molecule has 1 aromatic carbocycles. The van der Waals surface area contributed by atoms with Crippen LogP contribution in [0.5, 0.6) is 17.2 Å². The Morgan fingerprint density at radius 3 is 2.12 bits per heavy atom. The molecule has 5 atom stereocenters. The van der Waals surface area contributed by atoms with E-state index in [4.69, 9.17) is 42.3 Å². The number of carbonyl (C=O) groups excluding carboxylic acids is 4. The maximum Gasteiger partial charge on any atom is 0.384 e. The SMILES string of the molecule is CC#COc1c(O[C@H]2O[C@H](COC(C)=O)[C@@H](OC(C)=O)[C@H](OC(C)=O)[C@@H]2OC(C)=O)c2ccc(OCC=C(C)CCC=C(C)C)cc2oc1=O. The summed E-state index contributed by atoms with van der Waals surface area (Å²) < 4.78 is 50.6. The average molecular weight is 699 g/mol. The van der Waals surface area contributed by atoms with Gasteiger partial charge in [0.2, 0.25) is 12.4 Å². The molecule has 3 rings (SSSR count). The molecule has 2 heterocycles. The molecule has 14 nitrogen and oxygen atoms in total. The van der Waals surface area contributed by atoms with E-state index in [2.05, 4.69) is 18.1 Å². The van der Waals surface area contributed by atoms with E-state index in [0.29, 0.717) is 5.75 Å². The molecule has 2 aromatic rings. The lowest BCUT2D eigenvalue weighted by Crippen LogP contribution is -2.63. The highest BCUT2D eigenvalue weighted by Gasteiger charge is 2.53. The molecule has 0 N–H and O–H groups in total. The first kappa shape index (κ1) is 39.2. The fourth-order valence-electron chi connectivity index (χ4n) is 4.90. The fourth-order valence-corrected chi connectivity index (χ4v) is 4.90. The summed E-state index contributed by atoms with van der Waals surface area (Å²) in [5.41, 5.74) is 1.45. The molecule has 0 unspecified atom stereocenters. The number of ether oxygens (including phenoxy) is 8. The summed E-state index contributed by atoms with van der Waals surface area (Å²) in [7, 11) is 0. The summed E-state index contributed by atoms with van der Waals surface area (Å²) in [5, 5.41) is 0.200. The van der Waals surface area contributed by atoms with Crippen molar-refractivity contribution in [2.45, 2.75) is 98.9 Å². The number of hydrogen-bond acceptors (Lipinski definition) is 14. The van der Waals surface area contributed by atoms with Crippen LogP contribution in [-0.2, 0) is 42.9 Å². The van der Waals surface area contributed by atoms with Crippen LogP contribution >= 0.6 is 0 Å². The summed E-state index contributed by atoms with van der Waals surface area (Å²) in [6.45, 7) is 11.8. The van der Waals surface area contributed by atoms with E-state index in [9.17, 15) is 24.0 Å². The highest BCUT2D eigenvalue weighted by Crippen LogP contribution is 2.38. The topological polar surface area (TPSA) is 172 Å². The lowest BCUT2D eigenvalue weighted by atomic mass is 9.98. The van der Waals surface area contributed by atoms with Crippen molar-refractivity contribution in [3.63, 3.8) is 0 Å². The van der Waals surface area contributed by atoms with Crippen molar-refractivity contribution in [3.05, 3.63) is 51.9 Å². The molecule has 0 aliphatic carbocycles. The maximum atomic E-state index is 13.2. The smallest absolute Gasteiger partial charge is 0.384 e. The predicted molar refractivity (Wildman–Crippen MR) is 177 cm³/mol. The molecule has 1 aliphatic rings. The third kappa shape index (κ3) is 11.4. The Bertz CT molecular complexity index is 1740. The van der Waals surface area contributed by atoms with Gasteiger partial charge in [-0.3, -0.25) is 19.2 Å². The van der Waals surface area contributed by atoms with Gasteiger partial charge in [-0.05, 0) is 51.8 Å². The summed E-state index contributed by atoms with van der Waals surface area (Å²) in [5.74, 6) is -0.950. The number of rotatable bonds is 14. The largest absolute Gasteiger partial charge is 0.489 e. The third-order valence-corrected chi connectivity index (χ3v) is 7.00. The van der Waals surface area contributed by atoms with Gasteiger partial charge >= 0.3 is 29.5 Å². The Balaban J connectivity index is 2.09. The number of allylic oxidation sites excluding steroid dienone is 3. The highest BCUT2D eigenvalue weighted by molar-refractivity contribution is 5.87. The van der Waals surface area contributed by atoms with Gasteiger partial charge in [-0.25, -0.2) is 4.79 Å². The zero-order chi connectivity index (χ0) is 37.0. The number of benzene rings is 1. The van der Waals surface area contributed by atoms with Crippen LogP contribution in [-0.4, -0.2) is 67.8 Å². The van der Waals surface area contributed by atoms with Crippen molar-refractivity contribution >= 4 is 34.8 Å². The monoisotopic (exact) mass is 698 g/mol. The third-order valence-electron chi connectivity index (χ3n) is 7.00. The van der Waals surface area contributed by atoms with Crippen LogP contribution in [0.3, 0.4) is 0 Å². The van der Waals surface area contributed by atoms with Crippen LogP contribution in [0.1, 0.15) is 68.2 Å². The maximum absolute atomic E-state index is 13.2. The summed E-state index contributed by atoms with van der Waals surface area (Å²) in [6, 6.07) is 4.65. The molecule has 1 aromatic heterocycles. The lowest BCUT2D eigenvalue weighted by Gasteiger charge is -2.43. The molecule has 0 saturated carbocycles. The van der Waals surface area contributed by atoms with Gasteiger partial charge in [0.1, 0.15) is 36.8 Å². The number of carbonyl (C=O) groups is 4. The van der Waals surface area contributed by atoms with Crippen molar-refractivity contribution in [2.75, 3.05) is 13.2 Å². The first-order valence-electron chi connectivity index (χ1n) is 15.8. The van der Waals surface area contributed by atoms with Gasteiger partial charge in [0.25, 0.3) is 5.75 Å². The van der Waals surface area contributed by atoms with Crippen molar-refractivity contribution in [3.8, 4) is 29.3 Å². The van der Waals surface area contributed by atoms with Crippen LogP contribution in [0, 0.1) is 12.0 Å². The van der Waals surface area contributed by atoms with E-state index in [1.54, 1.807) is 12.1 Å². The zero-order valence-electron chi connectivity index (χ0n) is 29.3. The van der Waals surface area contributed by atoms with Gasteiger partial charge < -0.3 is 42.3 Å². The molecule has 0 amide bonds. The second-order valence-corrected chi connectivity index (χ2v) is 11.5. The Morgan fingerprint density at radius 1 is 0.840 bits per heavy atom. The van der Waals surface area contributed by atoms with Crippen molar-refractivity contribution in [2.24, 2.45) is 0 Å². The molecular formula is C36H42O14. The minimum Gasteiger partial charge on any atom is -0.489 e. The average Bonchev–Trinajstić information content (AvgIpc) is 3.01. The van der Waals surface area contributed by atoms with Crippen LogP contribution < -0.4 is 19.8 Å². The Morgan fingerprint density at radius 2 is 1.50 bits per heavy atom. The summed E-state index contributed by atoms with van der Waals surface area (Å²) in [4.78, 5) is 61.6. The van der Waals surface area contributed by atoms with E-state index in [-0.39, 0.29) is 23.3 Å². The van der Waals surface area contributed by atoms with Crippen LogP contribution in [0.2, 0.25) is 0 Å². The highest BCUT2D eigenvalue weighted by atomic mass is 16.7. The molecule has 270 valence electrons. The minimum absolute atomic E-state index is 0.0363. The van der Waals surface area contributed by atoms with Gasteiger partial charge in [-0.2, -0.15) is 0 Å². The van der Waals surface area contributed by atoms with Gasteiger partial charge in [0.05, 0.1) is 5.39 Å². The van der Waals surface area contributed by atoms with E-state index < -0.39 is 72.6 Å². The first-order chi connectivity index (χ1) is 23.7. The van der Waals surface area contributed by atoms with Crippen molar-refractivity contribution in [1.29, 1.82) is 0 Å². The van der Waals surface area contributed by atoms with Gasteiger partial charge in [0.15, 0.2) is 18.0 Å².